The highest BCUT2D eigenvalue weighted by Gasteiger charge is 2.47. The van der Waals surface area contributed by atoms with E-state index in [0.717, 1.165) is 22.9 Å². The van der Waals surface area contributed by atoms with Gasteiger partial charge in [-0.3, -0.25) is 4.79 Å². The number of hydrogen-bond acceptors (Lipinski definition) is 1. The average Bonchev–Trinajstić information content (AvgIpc) is 2.59. The van der Waals surface area contributed by atoms with Crippen molar-refractivity contribution in [1.82, 2.24) is 4.98 Å². The van der Waals surface area contributed by atoms with Crippen LogP contribution in [0, 0.1) is 0 Å². The number of hydrogen-bond donors (Lipinski definition) is 2. The number of aromatic amines is 1. The van der Waals surface area contributed by atoms with Crippen molar-refractivity contribution in [3.05, 3.63) is 35.0 Å². The first kappa shape index (κ1) is 10.7. The molecule has 0 aliphatic heterocycles. The van der Waals surface area contributed by atoms with E-state index in [2.05, 4.69) is 4.98 Å². The molecule has 1 aliphatic rings. The van der Waals surface area contributed by atoms with E-state index < -0.39 is 11.4 Å². The van der Waals surface area contributed by atoms with Gasteiger partial charge in [-0.2, -0.15) is 0 Å². The van der Waals surface area contributed by atoms with Gasteiger partial charge in [0.2, 0.25) is 0 Å². The molecule has 0 amide bonds. The minimum absolute atomic E-state index is 0.640. The normalized spacial score (nSPS) is 17.9. The van der Waals surface area contributed by atoms with Gasteiger partial charge in [0.1, 0.15) is 0 Å². The molecule has 0 unspecified atom stereocenters. The van der Waals surface area contributed by atoms with Gasteiger partial charge in [-0.1, -0.05) is 36.2 Å². The smallest absolute Gasteiger partial charge is 0.314 e. The number of carboxylic acid groups (broad SMARTS) is 1. The standard InChI is InChI=1S/C13H12ClNO2/c14-10-7-15-11-8(10)3-1-4-9(11)13(12(16)17)5-2-6-13/h1,3-4,7,15H,2,5-6H2,(H,16,17). The fraction of sp³-hybridized carbons (Fsp3) is 0.308. The number of halogens is 1. The summed E-state index contributed by atoms with van der Waals surface area (Å²) in [6, 6.07) is 5.68. The molecule has 88 valence electrons. The van der Waals surface area contributed by atoms with E-state index in [0.29, 0.717) is 17.9 Å². The number of benzene rings is 1. The fourth-order valence-corrected chi connectivity index (χ4v) is 2.86. The lowest BCUT2D eigenvalue weighted by Gasteiger charge is -2.38. The van der Waals surface area contributed by atoms with Crippen molar-refractivity contribution in [3.8, 4) is 0 Å². The van der Waals surface area contributed by atoms with Crippen molar-refractivity contribution in [2.45, 2.75) is 24.7 Å². The number of aliphatic carboxylic acids is 1. The van der Waals surface area contributed by atoms with Crippen molar-refractivity contribution < 1.29 is 9.90 Å². The highest BCUT2D eigenvalue weighted by Crippen LogP contribution is 2.46. The highest BCUT2D eigenvalue weighted by molar-refractivity contribution is 6.35. The Morgan fingerprint density at radius 2 is 2.18 bits per heavy atom. The van der Waals surface area contributed by atoms with Crippen molar-refractivity contribution in [2.75, 3.05) is 0 Å². The van der Waals surface area contributed by atoms with E-state index in [1.54, 1.807) is 6.20 Å². The molecule has 1 fully saturated rings. The van der Waals surface area contributed by atoms with E-state index in [9.17, 15) is 9.90 Å². The van der Waals surface area contributed by atoms with E-state index in [1.807, 2.05) is 18.2 Å². The molecule has 3 nitrogen and oxygen atoms in total. The molecule has 1 saturated carbocycles. The number of aromatic nitrogens is 1. The predicted molar refractivity (Wildman–Crippen MR) is 66.5 cm³/mol. The van der Waals surface area contributed by atoms with Gasteiger partial charge in [0.25, 0.3) is 0 Å². The van der Waals surface area contributed by atoms with Crippen LogP contribution in [0.5, 0.6) is 0 Å². The van der Waals surface area contributed by atoms with Crippen LogP contribution in [0.2, 0.25) is 5.02 Å². The van der Waals surface area contributed by atoms with Crippen molar-refractivity contribution >= 4 is 28.5 Å². The fourth-order valence-electron chi connectivity index (χ4n) is 2.65. The van der Waals surface area contributed by atoms with Crippen LogP contribution >= 0.6 is 11.6 Å². The Kier molecular flexibility index (Phi) is 2.20. The summed E-state index contributed by atoms with van der Waals surface area (Å²) in [4.78, 5) is 14.6. The van der Waals surface area contributed by atoms with Crippen LogP contribution in [-0.2, 0) is 10.2 Å². The Morgan fingerprint density at radius 3 is 2.76 bits per heavy atom. The Bertz CT molecular complexity index is 598. The van der Waals surface area contributed by atoms with Gasteiger partial charge in [-0.25, -0.2) is 0 Å². The molecular weight excluding hydrogens is 238 g/mol. The maximum Gasteiger partial charge on any atom is 0.314 e. The number of rotatable bonds is 2. The largest absolute Gasteiger partial charge is 0.481 e. The minimum atomic E-state index is -0.734. The van der Waals surface area contributed by atoms with Crippen LogP contribution in [0.1, 0.15) is 24.8 Å². The zero-order chi connectivity index (χ0) is 12.0. The lowest BCUT2D eigenvalue weighted by atomic mass is 9.64. The van der Waals surface area contributed by atoms with E-state index in [-0.39, 0.29) is 0 Å². The molecule has 1 aromatic carbocycles. The van der Waals surface area contributed by atoms with Gasteiger partial charge in [0.05, 0.1) is 16.0 Å². The van der Waals surface area contributed by atoms with Crippen LogP contribution in [0.25, 0.3) is 10.9 Å². The summed E-state index contributed by atoms with van der Waals surface area (Å²) in [6.45, 7) is 0. The van der Waals surface area contributed by atoms with Crippen LogP contribution in [-0.4, -0.2) is 16.1 Å². The SMILES string of the molecule is O=C(O)C1(c2cccc3c(Cl)c[nH]c23)CCC1. The van der Waals surface area contributed by atoms with Gasteiger partial charge in [-0.15, -0.1) is 0 Å². The number of carbonyl (C=O) groups is 1. The molecule has 0 atom stereocenters. The number of fused-ring (bicyclic) bond motifs is 1. The third-order valence-electron chi connectivity index (χ3n) is 3.80. The second-order valence-electron chi connectivity index (χ2n) is 4.61. The first-order valence-electron chi connectivity index (χ1n) is 5.65. The minimum Gasteiger partial charge on any atom is -0.481 e. The highest BCUT2D eigenvalue weighted by atomic mass is 35.5. The van der Waals surface area contributed by atoms with E-state index in [4.69, 9.17) is 11.6 Å². The molecule has 1 heterocycles. The third-order valence-corrected chi connectivity index (χ3v) is 4.11. The first-order chi connectivity index (χ1) is 8.15. The van der Waals surface area contributed by atoms with Crippen LogP contribution in [0.3, 0.4) is 0 Å². The summed E-state index contributed by atoms with van der Waals surface area (Å²) in [7, 11) is 0. The summed E-state index contributed by atoms with van der Waals surface area (Å²) in [6.07, 6.45) is 4.09. The summed E-state index contributed by atoms with van der Waals surface area (Å²) in [5, 5.41) is 11.0. The van der Waals surface area contributed by atoms with Gasteiger partial charge in [0, 0.05) is 11.6 Å². The monoisotopic (exact) mass is 249 g/mol. The quantitative estimate of drug-likeness (QED) is 0.858. The second kappa shape index (κ2) is 3.50. The number of H-pyrrole nitrogens is 1. The molecule has 0 spiro atoms. The molecule has 2 aromatic rings. The Morgan fingerprint density at radius 1 is 1.41 bits per heavy atom. The van der Waals surface area contributed by atoms with Gasteiger partial charge < -0.3 is 10.1 Å². The molecular formula is C13H12ClNO2. The molecule has 0 saturated heterocycles. The maximum atomic E-state index is 11.5. The lowest BCUT2D eigenvalue weighted by molar-refractivity contribution is -0.147. The zero-order valence-electron chi connectivity index (χ0n) is 9.16. The zero-order valence-corrected chi connectivity index (χ0v) is 9.92. The van der Waals surface area contributed by atoms with Crippen LogP contribution in [0.15, 0.2) is 24.4 Å². The third kappa shape index (κ3) is 1.32. The molecule has 3 rings (SSSR count). The second-order valence-corrected chi connectivity index (χ2v) is 5.01. The molecule has 1 aliphatic carbocycles. The molecule has 4 heteroatoms. The van der Waals surface area contributed by atoms with Crippen LogP contribution in [0.4, 0.5) is 0 Å². The van der Waals surface area contributed by atoms with Crippen molar-refractivity contribution in [2.24, 2.45) is 0 Å². The summed E-state index contributed by atoms with van der Waals surface area (Å²) < 4.78 is 0. The Labute approximate surface area is 103 Å². The number of nitrogens with one attached hydrogen (secondary N) is 1. The van der Waals surface area contributed by atoms with Crippen LogP contribution < -0.4 is 0 Å². The predicted octanol–water partition coefficient (Wildman–Crippen LogP) is 3.33. The molecule has 2 N–H and O–H groups in total. The number of para-hydroxylation sites is 1. The summed E-state index contributed by atoms with van der Waals surface area (Å²) in [5.74, 6) is -0.734. The topological polar surface area (TPSA) is 53.1 Å². The van der Waals surface area contributed by atoms with E-state index in [1.165, 1.54) is 0 Å². The first-order valence-corrected chi connectivity index (χ1v) is 6.02. The summed E-state index contributed by atoms with van der Waals surface area (Å²) >= 11 is 6.06. The molecule has 0 bridgehead atoms. The van der Waals surface area contributed by atoms with Crippen molar-refractivity contribution in [1.29, 1.82) is 0 Å². The maximum absolute atomic E-state index is 11.5. The van der Waals surface area contributed by atoms with E-state index >= 15 is 0 Å². The van der Waals surface area contributed by atoms with Gasteiger partial charge in [0.15, 0.2) is 0 Å². The molecule has 1 aromatic heterocycles. The Hall–Kier alpha value is -1.48. The molecule has 0 radical (unpaired) electrons. The average molecular weight is 250 g/mol. The lowest BCUT2D eigenvalue weighted by Crippen LogP contribution is -2.42. The summed E-state index contributed by atoms with van der Waals surface area (Å²) in [5.41, 5.74) is 1.01. The van der Waals surface area contributed by atoms with Gasteiger partial charge in [-0.05, 0) is 18.4 Å². The van der Waals surface area contributed by atoms with Crippen molar-refractivity contribution in [3.63, 3.8) is 0 Å². The Balaban J connectivity index is 2.27. The molecule has 17 heavy (non-hydrogen) atoms. The van der Waals surface area contributed by atoms with Gasteiger partial charge >= 0.3 is 5.97 Å². The number of carboxylic acids is 1.